The topological polar surface area (TPSA) is 62.3 Å². The molecule has 6 heteroatoms. The summed E-state index contributed by atoms with van der Waals surface area (Å²) in [7, 11) is 0. The molecule has 0 aliphatic carbocycles. The van der Waals surface area contributed by atoms with Crippen molar-refractivity contribution in [3.05, 3.63) is 23.7 Å². The number of amides is 2. The van der Waals surface area contributed by atoms with Crippen LogP contribution in [0.4, 0.5) is 5.69 Å². The summed E-state index contributed by atoms with van der Waals surface area (Å²) in [5.74, 6) is -0.134. The molecule has 0 saturated carbocycles. The Labute approximate surface area is 127 Å². The van der Waals surface area contributed by atoms with Crippen LogP contribution in [-0.2, 0) is 9.59 Å². The number of carbonyl (C=O) groups excluding carboxylic acids is 2. The Balaban J connectivity index is 2.00. The Morgan fingerprint density at radius 2 is 2.19 bits per heavy atom. The fraction of sp³-hybridized carbons (Fsp3) is 0.400. The molecule has 2 unspecified atom stereocenters. The lowest BCUT2D eigenvalue weighted by atomic mass is 10.0. The van der Waals surface area contributed by atoms with Gasteiger partial charge in [-0.15, -0.1) is 11.3 Å². The maximum Gasteiger partial charge on any atom is 0.250 e. The highest BCUT2D eigenvalue weighted by Gasteiger charge is 2.38. The van der Waals surface area contributed by atoms with Gasteiger partial charge in [-0.3, -0.25) is 14.5 Å². The van der Waals surface area contributed by atoms with Crippen LogP contribution in [0.1, 0.15) is 26.7 Å². The molecule has 3 rings (SSSR count). The Kier molecular flexibility index (Phi) is 3.63. The SMILES string of the molecule is CCCC1NC(=O)C(C)N(c2ccc3ncsc3c2)C1=O. The van der Waals surface area contributed by atoms with Gasteiger partial charge in [0.25, 0.3) is 0 Å². The maximum absolute atomic E-state index is 12.6. The molecule has 1 N–H and O–H groups in total. The third kappa shape index (κ3) is 2.40. The monoisotopic (exact) mass is 303 g/mol. The molecule has 2 heterocycles. The van der Waals surface area contributed by atoms with Gasteiger partial charge in [-0.1, -0.05) is 13.3 Å². The van der Waals surface area contributed by atoms with Crippen LogP contribution in [-0.4, -0.2) is 28.9 Å². The highest BCUT2D eigenvalue weighted by atomic mass is 32.1. The zero-order valence-corrected chi connectivity index (χ0v) is 12.8. The van der Waals surface area contributed by atoms with Crippen LogP contribution in [0.2, 0.25) is 0 Å². The summed E-state index contributed by atoms with van der Waals surface area (Å²) < 4.78 is 1.02. The van der Waals surface area contributed by atoms with Crippen LogP contribution in [0.3, 0.4) is 0 Å². The van der Waals surface area contributed by atoms with Gasteiger partial charge >= 0.3 is 0 Å². The van der Waals surface area contributed by atoms with Crippen molar-refractivity contribution < 1.29 is 9.59 Å². The highest BCUT2D eigenvalue weighted by Crippen LogP contribution is 2.28. The van der Waals surface area contributed by atoms with Crippen molar-refractivity contribution in [2.75, 3.05) is 4.90 Å². The van der Waals surface area contributed by atoms with Crippen LogP contribution in [0.5, 0.6) is 0 Å². The van der Waals surface area contributed by atoms with Gasteiger partial charge in [-0.2, -0.15) is 0 Å². The molecular weight excluding hydrogens is 286 g/mol. The number of aromatic nitrogens is 1. The summed E-state index contributed by atoms with van der Waals surface area (Å²) in [6, 6.07) is 4.77. The smallest absolute Gasteiger partial charge is 0.250 e. The van der Waals surface area contributed by atoms with Crippen LogP contribution >= 0.6 is 11.3 Å². The van der Waals surface area contributed by atoms with Crippen molar-refractivity contribution >= 4 is 39.1 Å². The van der Waals surface area contributed by atoms with Crippen molar-refractivity contribution in [3.8, 4) is 0 Å². The van der Waals surface area contributed by atoms with E-state index in [9.17, 15) is 9.59 Å². The lowest BCUT2D eigenvalue weighted by Gasteiger charge is -2.37. The number of hydrogen-bond acceptors (Lipinski definition) is 4. The quantitative estimate of drug-likeness (QED) is 0.946. The maximum atomic E-state index is 12.6. The zero-order chi connectivity index (χ0) is 15.0. The number of piperazine rings is 1. The van der Waals surface area contributed by atoms with E-state index in [1.54, 1.807) is 17.3 Å². The first-order valence-corrected chi connectivity index (χ1v) is 7.96. The van der Waals surface area contributed by atoms with Gasteiger partial charge < -0.3 is 5.32 Å². The second kappa shape index (κ2) is 5.44. The molecule has 0 bridgehead atoms. The predicted octanol–water partition coefficient (Wildman–Crippen LogP) is 2.32. The predicted molar refractivity (Wildman–Crippen MR) is 83.4 cm³/mol. The van der Waals surface area contributed by atoms with Crippen LogP contribution < -0.4 is 10.2 Å². The Bertz CT molecular complexity index is 697. The van der Waals surface area contributed by atoms with E-state index in [1.807, 2.05) is 25.1 Å². The summed E-state index contributed by atoms with van der Waals surface area (Å²) in [4.78, 5) is 30.6. The van der Waals surface area contributed by atoms with Gasteiger partial charge in [0.15, 0.2) is 0 Å². The van der Waals surface area contributed by atoms with Crippen molar-refractivity contribution in [2.24, 2.45) is 0 Å². The summed E-state index contributed by atoms with van der Waals surface area (Å²) in [6.45, 7) is 3.76. The molecule has 110 valence electrons. The largest absolute Gasteiger partial charge is 0.342 e. The molecule has 1 aliphatic rings. The minimum atomic E-state index is -0.490. The van der Waals surface area contributed by atoms with Crippen molar-refractivity contribution in [1.29, 1.82) is 0 Å². The minimum absolute atomic E-state index is 0.0344. The van der Waals surface area contributed by atoms with E-state index >= 15 is 0 Å². The molecular formula is C15H17N3O2S. The third-order valence-corrected chi connectivity index (χ3v) is 4.58. The second-order valence-corrected chi connectivity index (χ2v) is 6.12. The molecule has 2 atom stereocenters. The number of thiazole rings is 1. The van der Waals surface area contributed by atoms with Gasteiger partial charge in [0.1, 0.15) is 12.1 Å². The second-order valence-electron chi connectivity index (χ2n) is 5.24. The number of rotatable bonds is 3. The lowest BCUT2D eigenvalue weighted by Crippen LogP contribution is -2.62. The van der Waals surface area contributed by atoms with Crippen molar-refractivity contribution in [1.82, 2.24) is 10.3 Å². The highest BCUT2D eigenvalue weighted by molar-refractivity contribution is 7.16. The van der Waals surface area contributed by atoms with Gasteiger partial charge in [-0.05, 0) is 31.5 Å². The number of anilines is 1. The van der Waals surface area contributed by atoms with Crippen LogP contribution in [0.25, 0.3) is 10.2 Å². The van der Waals surface area contributed by atoms with Gasteiger partial charge in [0, 0.05) is 5.69 Å². The fourth-order valence-electron chi connectivity index (χ4n) is 2.66. The van der Waals surface area contributed by atoms with E-state index < -0.39 is 12.1 Å². The summed E-state index contributed by atoms with van der Waals surface area (Å²) in [6.07, 6.45) is 1.52. The minimum Gasteiger partial charge on any atom is -0.342 e. The van der Waals surface area contributed by atoms with E-state index in [-0.39, 0.29) is 11.8 Å². The Morgan fingerprint density at radius 1 is 1.38 bits per heavy atom. The average Bonchev–Trinajstić information content (AvgIpc) is 2.93. The lowest BCUT2D eigenvalue weighted by molar-refractivity contribution is -0.133. The van der Waals surface area contributed by atoms with Gasteiger partial charge in [0.05, 0.1) is 15.7 Å². The zero-order valence-electron chi connectivity index (χ0n) is 12.0. The number of nitrogens with one attached hydrogen (secondary N) is 1. The first-order chi connectivity index (χ1) is 10.1. The van der Waals surface area contributed by atoms with Crippen LogP contribution in [0, 0.1) is 0 Å². The molecule has 2 aromatic rings. The van der Waals surface area contributed by atoms with E-state index in [4.69, 9.17) is 0 Å². The van der Waals surface area contributed by atoms with Gasteiger partial charge in [0.2, 0.25) is 11.8 Å². The molecule has 0 radical (unpaired) electrons. The number of fused-ring (bicyclic) bond motifs is 1. The van der Waals surface area contributed by atoms with E-state index in [2.05, 4.69) is 10.3 Å². The Hall–Kier alpha value is -1.95. The van der Waals surface area contributed by atoms with E-state index in [0.717, 1.165) is 22.3 Å². The molecule has 1 aromatic heterocycles. The molecule has 21 heavy (non-hydrogen) atoms. The standard InChI is InChI=1S/C15H17N3O2S/c1-3-4-12-15(20)18(9(2)14(19)17-12)10-5-6-11-13(7-10)21-8-16-11/h5-9,12H,3-4H2,1-2H3,(H,17,19). The molecule has 1 aliphatic heterocycles. The normalized spacial score (nSPS) is 22.7. The third-order valence-electron chi connectivity index (χ3n) is 3.79. The fourth-order valence-corrected chi connectivity index (χ4v) is 3.37. The molecule has 0 spiro atoms. The molecule has 1 aromatic carbocycles. The number of hydrogen-bond donors (Lipinski definition) is 1. The number of benzene rings is 1. The molecule has 2 amide bonds. The Morgan fingerprint density at radius 3 is 2.95 bits per heavy atom. The number of nitrogens with zero attached hydrogens (tertiary/aromatic N) is 2. The van der Waals surface area contributed by atoms with Crippen LogP contribution in [0.15, 0.2) is 23.7 Å². The molecule has 5 nitrogen and oxygen atoms in total. The van der Waals surface area contributed by atoms with E-state index in [1.165, 1.54) is 11.3 Å². The molecule has 1 fully saturated rings. The molecule has 1 saturated heterocycles. The first kappa shape index (κ1) is 14.0. The summed E-state index contributed by atoms with van der Waals surface area (Å²) >= 11 is 1.53. The van der Waals surface area contributed by atoms with E-state index in [0.29, 0.717) is 6.42 Å². The first-order valence-electron chi connectivity index (χ1n) is 7.08. The van der Waals surface area contributed by atoms with Gasteiger partial charge in [-0.25, -0.2) is 4.98 Å². The number of carbonyl (C=O) groups is 2. The average molecular weight is 303 g/mol. The van der Waals surface area contributed by atoms with Crippen molar-refractivity contribution in [2.45, 2.75) is 38.8 Å². The summed E-state index contributed by atoms with van der Waals surface area (Å²) in [5, 5.41) is 2.81. The summed E-state index contributed by atoms with van der Waals surface area (Å²) in [5.41, 5.74) is 3.46. The van der Waals surface area contributed by atoms with Crippen molar-refractivity contribution in [3.63, 3.8) is 0 Å².